The number of nitrogens with two attached hydrogens (primary N) is 1. The maximum Gasteiger partial charge on any atom is 0.255 e. The number of halogens is 2. The van der Waals surface area contributed by atoms with Crippen LogP contribution in [0.4, 0.5) is 5.69 Å². The van der Waals surface area contributed by atoms with Crippen molar-refractivity contribution < 1.29 is 4.79 Å². The van der Waals surface area contributed by atoms with Gasteiger partial charge in [-0.1, -0.05) is 41.4 Å². The molecule has 3 N–H and O–H groups in total. The van der Waals surface area contributed by atoms with Gasteiger partial charge >= 0.3 is 0 Å². The third-order valence-electron chi connectivity index (χ3n) is 2.85. The standard InChI is InChI=1S/C15H14Cl2N2O/c16-13-6-5-11(9-14(13)17)19-15(20)12-4-2-1-3-10(12)7-8-18/h1-6,9H,7-8,18H2,(H,19,20). The summed E-state index contributed by atoms with van der Waals surface area (Å²) in [6, 6.07) is 12.4. The highest BCUT2D eigenvalue weighted by Gasteiger charge is 2.11. The van der Waals surface area contributed by atoms with Gasteiger partial charge < -0.3 is 11.1 Å². The molecule has 0 saturated carbocycles. The molecule has 2 aromatic carbocycles. The summed E-state index contributed by atoms with van der Waals surface area (Å²) < 4.78 is 0. The zero-order chi connectivity index (χ0) is 14.5. The van der Waals surface area contributed by atoms with Crippen LogP contribution < -0.4 is 11.1 Å². The van der Waals surface area contributed by atoms with Gasteiger partial charge in [0.05, 0.1) is 10.0 Å². The summed E-state index contributed by atoms with van der Waals surface area (Å²) in [6.07, 6.45) is 0.658. The highest BCUT2D eigenvalue weighted by atomic mass is 35.5. The number of carbonyl (C=O) groups is 1. The quantitative estimate of drug-likeness (QED) is 0.904. The number of amides is 1. The van der Waals surface area contributed by atoms with Crippen LogP contribution in [0.5, 0.6) is 0 Å². The lowest BCUT2D eigenvalue weighted by molar-refractivity contribution is 0.102. The second kappa shape index (κ2) is 6.75. The van der Waals surface area contributed by atoms with Crippen LogP contribution in [0, 0.1) is 0 Å². The summed E-state index contributed by atoms with van der Waals surface area (Å²) >= 11 is 11.8. The van der Waals surface area contributed by atoms with Crippen LogP contribution in [0.3, 0.4) is 0 Å². The number of hydrogen-bond donors (Lipinski definition) is 2. The van der Waals surface area contributed by atoms with Crippen LogP contribution in [0.25, 0.3) is 0 Å². The number of hydrogen-bond acceptors (Lipinski definition) is 2. The average molecular weight is 309 g/mol. The van der Waals surface area contributed by atoms with Crippen molar-refractivity contribution in [3.05, 3.63) is 63.6 Å². The molecule has 0 unspecified atom stereocenters. The number of rotatable bonds is 4. The summed E-state index contributed by atoms with van der Waals surface area (Å²) in [5, 5.41) is 3.66. The van der Waals surface area contributed by atoms with E-state index < -0.39 is 0 Å². The molecule has 2 rings (SSSR count). The first-order valence-corrected chi connectivity index (χ1v) is 6.92. The molecule has 0 atom stereocenters. The Morgan fingerprint density at radius 2 is 1.85 bits per heavy atom. The van der Waals surface area contributed by atoms with E-state index in [9.17, 15) is 4.79 Å². The van der Waals surface area contributed by atoms with Gasteiger partial charge in [0.2, 0.25) is 0 Å². The summed E-state index contributed by atoms with van der Waals surface area (Å²) in [6.45, 7) is 0.497. The fourth-order valence-corrected chi connectivity index (χ4v) is 2.19. The molecular weight excluding hydrogens is 295 g/mol. The van der Waals surface area contributed by atoms with Crippen LogP contribution in [0.15, 0.2) is 42.5 Å². The predicted molar refractivity (Wildman–Crippen MR) is 83.6 cm³/mol. The molecule has 5 heteroatoms. The summed E-state index contributed by atoms with van der Waals surface area (Å²) in [5.41, 5.74) is 7.70. The summed E-state index contributed by atoms with van der Waals surface area (Å²) in [5.74, 6) is -0.188. The van der Waals surface area contributed by atoms with Gasteiger partial charge in [-0.2, -0.15) is 0 Å². The Balaban J connectivity index is 2.21. The number of nitrogens with one attached hydrogen (secondary N) is 1. The minimum Gasteiger partial charge on any atom is -0.330 e. The van der Waals surface area contributed by atoms with Crippen molar-refractivity contribution in [3.8, 4) is 0 Å². The monoisotopic (exact) mass is 308 g/mol. The van der Waals surface area contributed by atoms with Crippen molar-refractivity contribution in [2.45, 2.75) is 6.42 Å². The third-order valence-corrected chi connectivity index (χ3v) is 3.59. The van der Waals surface area contributed by atoms with E-state index in [1.165, 1.54) is 0 Å². The second-order valence-electron chi connectivity index (χ2n) is 4.28. The molecule has 0 aliphatic carbocycles. The van der Waals surface area contributed by atoms with E-state index in [0.29, 0.717) is 34.3 Å². The molecule has 0 bridgehead atoms. The Kier molecular flexibility index (Phi) is 5.01. The SMILES string of the molecule is NCCc1ccccc1C(=O)Nc1ccc(Cl)c(Cl)c1. The molecule has 0 radical (unpaired) electrons. The van der Waals surface area contributed by atoms with Gasteiger partial charge in [0.15, 0.2) is 0 Å². The van der Waals surface area contributed by atoms with Crippen molar-refractivity contribution >= 4 is 34.8 Å². The summed E-state index contributed by atoms with van der Waals surface area (Å²) in [4.78, 5) is 12.3. The Labute approximate surface area is 127 Å². The van der Waals surface area contributed by atoms with E-state index in [1.54, 1.807) is 24.3 Å². The predicted octanol–water partition coefficient (Wildman–Crippen LogP) is 3.75. The van der Waals surface area contributed by atoms with Crippen molar-refractivity contribution in [2.75, 3.05) is 11.9 Å². The Bertz CT molecular complexity index is 629. The minimum absolute atomic E-state index is 0.188. The van der Waals surface area contributed by atoms with E-state index in [2.05, 4.69) is 5.32 Å². The maximum absolute atomic E-state index is 12.3. The first-order valence-electron chi connectivity index (χ1n) is 6.16. The molecule has 1 amide bonds. The van der Waals surface area contributed by atoms with E-state index in [4.69, 9.17) is 28.9 Å². The number of benzene rings is 2. The van der Waals surface area contributed by atoms with Crippen molar-refractivity contribution in [3.63, 3.8) is 0 Å². The zero-order valence-corrected chi connectivity index (χ0v) is 12.2. The molecule has 0 aliphatic rings. The van der Waals surface area contributed by atoms with Crippen LogP contribution >= 0.6 is 23.2 Å². The molecule has 104 valence electrons. The van der Waals surface area contributed by atoms with Crippen molar-refractivity contribution in [2.24, 2.45) is 5.73 Å². The Morgan fingerprint density at radius 1 is 1.10 bits per heavy atom. The molecule has 0 aromatic heterocycles. The second-order valence-corrected chi connectivity index (χ2v) is 5.09. The Hall–Kier alpha value is -1.55. The zero-order valence-electron chi connectivity index (χ0n) is 10.7. The van der Waals surface area contributed by atoms with Crippen LogP contribution in [-0.2, 0) is 6.42 Å². The smallest absolute Gasteiger partial charge is 0.255 e. The van der Waals surface area contributed by atoms with Gasteiger partial charge in [-0.3, -0.25) is 4.79 Å². The molecule has 0 heterocycles. The molecular formula is C15H14Cl2N2O. The van der Waals surface area contributed by atoms with E-state index >= 15 is 0 Å². The average Bonchev–Trinajstić information content (AvgIpc) is 2.44. The fraction of sp³-hybridized carbons (Fsp3) is 0.133. The van der Waals surface area contributed by atoms with E-state index in [1.807, 2.05) is 18.2 Å². The van der Waals surface area contributed by atoms with Gasteiger partial charge in [0.25, 0.3) is 5.91 Å². The highest BCUT2D eigenvalue weighted by molar-refractivity contribution is 6.42. The summed E-state index contributed by atoms with van der Waals surface area (Å²) in [7, 11) is 0. The van der Waals surface area contributed by atoms with Gasteiger partial charge in [0.1, 0.15) is 0 Å². The lowest BCUT2D eigenvalue weighted by Gasteiger charge is -2.10. The third kappa shape index (κ3) is 3.51. The number of carbonyl (C=O) groups excluding carboxylic acids is 1. The van der Waals surface area contributed by atoms with Crippen molar-refractivity contribution in [1.29, 1.82) is 0 Å². The van der Waals surface area contributed by atoms with Crippen LogP contribution in [0.2, 0.25) is 10.0 Å². The minimum atomic E-state index is -0.188. The van der Waals surface area contributed by atoms with E-state index in [0.717, 1.165) is 5.56 Å². The molecule has 0 spiro atoms. The van der Waals surface area contributed by atoms with Crippen molar-refractivity contribution in [1.82, 2.24) is 0 Å². The normalized spacial score (nSPS) is 10.3. The molecule has 20 heavy (non-hydrogen) atoms. The molecule has 0 aliphatic heterocycles. The van der Waals surface area contributed by atoms with Crippen LogP contribution in [0.1, 0.15) is 15.9 Å². The van der Waals surface area contributed by atoms with Gasteiger partial charge in [0, 0.05) is 11.3 Å². The Morgan fingerprint density at radius 3 is 2.55 bits per heavy atom. The number of anilines is 1. The van der Waals surface area contributed by atoms with Gasteiger partial charge in [-0.05, 0) is 42.8 Å². The van der Waals surface area contributed by atoms with Crippen LogP contribution in [-0.4, -0.2) is 12.5 Å². The molecule has 0 fully saturated rings. The molecule has 2 aromatic rings. The lowest BCUT2D eigenvalue weighted by Crippen LogP contribution is -2.15. The maximum atomic E-state index is 12.3. The first-order chi connectivity index (χ1) is 9.61. The molecule has 0 saturated heterocycles. The van der Waals surface area contributed by atoms with Gasteiger partial charge in [-0.15, -0.1) is 0 Å². The topological polar surface area (TPSA) is 55.1 Å². The highest BCUT2D eigenvalue weighted by Crippen LogP contribution is 2.25. The first kappa shape index (κ1) is 14.9. The lowest BCUT2D eigenvalue weighted by atomic mass is 10.0. The largest absolute Gasteiger partial charge is 0.330 e. The fourth-order valence-electron chi connectivity index (χ4n) is 1.89. The van der Waals surface area contributed by atoms with E-state index in [-0.39, 0.29) is 5.91 Å². The van der Waals surface area contributed by atoms with Gasteiger partial charge in [-0.25, -0.2) is 0 Å². The molecule has 3 nitrogen and oxygen atoms in total.